The van der Waals surface area contributed by atoms with Crippen LogP contribution in [0.25, 0.3) is 0 Å². The first-order chi connectivity index (χ1) is 12.5. The molecule has 2 aliphatic rings. The van der Waals surface area contributed by atoms with Crippen LogP contribution >= 0.6 is 0 Å². The molecule has 7 heteroatoms. The van der Waals surface area contributed by atoms with Gasteiger partial charge < -0.3 is 10.6 Å². The van der Waals surface area contributed by atoms with Crippen molar-refractivity contribution in [3.8, 4) is 0 Å². The molecule has 1 aliphatic carbocycles. The molecule has 1 aliphatic heterocycles. The first-order valence-electron chi connectivity index (χ1n) is 9.58. The van der Waals surface area contributed by atoms with E-state index < -0.39 is 10.0 Å². The molecule has 1 saturated heterocycles. The highest BCUT2D eigenvalue weighted by molar-refractivity contribution is 7.89. The summed E-state index contributed by atoms with van der Waals surface area (Å²) in [5.41, 5.74) is 0.495. The van der Waals surface area contributed by atoms with Crippen molar-refractivity contribution in [1.29, 1.82) is 0 Å². The van der Waals surface area contributed by atoms with Gasteiger partial charge in [0.1, 0.15) is 0 Å². The number of nitrogens with one attached hydrogen (secondary N) is 2. The molecule has 1 heterocycles. The second kappa shape index (κ2) is 8.50. The van der Waals surface area contributed by atoms with E-state index in [0.717, 1.165) is 51.6 Å². The Bertz CT molecular complexity index is 706. The molecule has 6 nitrogen and oxygen atoms in total. The summed E-state index contributed by atoms with van der Waals surface area (Å²) in [6.07, 6.45) is 7.22. The number of sulfonamides is 1. The average Bonchev–Trinajstić information content (AvgIpc) is 2.69. The second-order valence-electron chi connectivity index (χ2n) is 7.35. The zero-order valence-electron chi connectivity index (χ0n) is 15.4. The van der Waals surface area contributed by atoms with E-state index in [1.807, 2.05) is 0 Å². The van der Waals surface area contributed by atoms with E-state index >= 15 is 0 Å². The Hall–Kier alpha value is -1.44. The Morgan fingerprint density at radius 1 is 1.08 bits per heavy atom. The Labute approximate surface area is 156 Å². The van der Waals surface area contributed by atoms with E-state index in [0.29, 0.717) is 5.56 Å². The fourth-order valence-electron chi connectivity index (χ4n) is 3.83. The van der Waals surface area contributed by atoms with Crippen LogP contribution in [0.15, 0.2) is 29.2 Å². The van der Waals surface area contributed by atoms with Gasteiger partial charge in [-0.1, -0.05) is 19.3 Å². The Kier molecular flexibility index (Phi) is 6.32. The van der Waals surface area contributed by atoms with E-state index in [4.69, 9.17) is 0 Å². The minimum Gasteiger partial charge on any atom is -0.348 e. The number of hydrogen-bond donors (Lipinski definition) is 2. The summed E-state index contributed by atoms with van der Waals surface area (Å²) in [5, 5.41) is 6.27. The van der Waals surface area contributed by atoms with E-state index in [-0.39, 0.29) is 22.9 Å². The number of benzene rings is 1. The lowest BCUT2D eigenvalue weighted by molar-refractivity contribution is 0.0930. The maximum Gasteiger partial charge on any atom is 0.251 e. The fraction of sp³-hybridized carbons (Fsp3) is 0.632. The zero-order valence-corrected chi connectivity index (χ0v) is 16.2. The highest BCUT2D eigenvalue weighted by Crippen LogP contribution is 2.26. The maximum atomic E-state index is 12.8. The van der Waals surface area contributed by atoms with Crippen molar-refractivity contribution in [2.45, 2.75) is 61.9 Å². The molecule has 0 radical (unpaired) electrons. The average molecular weight is 380 g/mol. The van der Waals surface area contributed by atoms with E-state index in [2.05, 4.69) is 10.6 Å². The van der Waals surface area contributed by atoms with Gasteiger partial charge in [-0.3, -0.25) is 4.79 Å². The molecule has 0 unspecified atom stereocenters. The minimum atomic E-state index is -3.52. The summed E-state index contributed by atoms with van der Waals surface area (Å²) in [7, 11) is -1.85. The van der Waals surface area contributed by atoms with Gasteiger partial charge in [0.15, 0.2) is 0 Å². The van der Waals surface area contributed by atoms with Crippen molar-refractivity contribution in [3.05, 3.63) is 29.8 Å². The smallest absolute Gasteiger partial charge is 0.251 e. The summed E-state index contributed by atoms with van der Waals surface area (Å²) in [6, 6.07) is 6.51. The van der Waals surface area contributed by atoms with Crippen LogP contribution in [0.2, 0.25) is 0 Å². The molecule has 1 aromatic carbocycles. The lowest BCUT2D eigenvalue weighted by Crippen LogP contribution is -2.45. The molecule has 144 valence electrons. The van der Waals surface area contributed by atoms with E-state index in [9.17, 15) is 13.2 Å². The van der Waals surface area contributed by atoms with E-state index in [1.165, 1.54) is 10.7 Å². The molecule has 26 heavy (non-hydrogen) atoms. The topological polar surface area (TPSA) is 78.5 Å². The van der Waals surface area contributed by atoms with E-state index in [1.54, 1.807) is 31.3 Å². The van der Waals surface area contributed by atoms with Gasteiger partial charge in [0.2, 0.25) is 10.0 Å². The normalized spacial score (nSPS) is 22.3. The van der Waals surface area contributed by atoms with Gasteiger partial charge in [-0.2, -0.15) is 4.31 Å². The molecule has 1 atom stereocenters. The molecule has 0 spiro atoms. The Morgan fingerprint density at radius 3 is 2.38 bits per heavy atom. The molecular formula is C19H29N3O3S. The number of piperidine rings is 1. The number of hydrogen-bond acceptors (Lipinski definition) is 4. The summed E-state index contributed by atoms with van der Waals surface area (Å²) in [6.45, 7) is 1.78. The highest BCUT2D eigenvalue weighted by atomic mass is 32.2. The number of nitrogens with zero attached hydrogens (tertiary/aromatic N) is 1. The van der Waals surface area contributed by atoms with Gasteiger partial charge in [-0.05, 0) is 56.5 Å². The standard InChI is InChI=1S/C19H29N3O3S/c1-22(17-7-3-2-4-8-17)26(24,25)18-11-9-15(10-12-18)19(23)21-16-6-5-13-20-14-16/h9-12,16-17,20H,2-8,13-14H2,1H3,(H,21,23)/t16-/m0/s1. The molecule has 1 amide bonds. The van der Waals surface area contributed by atoms with Crippen LogP contribution in [-0.4, -0.2) is 50.9 Å². The molecule has 1 aromatic rings. The third-order valence-electron chi connectivity index (χ3n) is 5.51. The van der Waals surface area contributed by atoms with Crippen LogP contribution in [0, 0.1) is 0 Å². The van der Waals surface area contributed by atoms with Gasteiger partial charge in [0, 0.05) is 31.2 Å². The number of amides is 1. The molecule has 0 aromatic heterocycles. The SMILES string of the molecule is CN(C1CCCCC1)S(=O)(=O)c1ccc(C(=O)N[C@H]2CCCNC2)cc1. The first-order valence-corrected chi connectivity index (χ1v) is 11.0. The van der Waals surface area contributed by atoms with Crippen LogP contribution in [-0.2, 0) is 10.0 Å². The molecule has 1 saturated carbocycles. The van der Waals surface area contributed by atoms with Crippen molar-refractivity contribution in [2.24, 2.45) is 0 Å². The zero-order chi connectivity index (χ0) is 18.6. The van der Waals surface area contributed by atoms with Crippen LogP contribution < -0.4 is 10.6 Å². The van der Waals surface area contributed by atoms with Crippen molar-refractivity contribution in [1.82, 2.24) is 14.9 Å². The molecule has 0 bridgehead atoms. The van der Waals surface area contributed by atoms with Crippen molar-refractivity contribution >= 4 is 15.9 Å². The van der Waals surface area contributed by atoms with Gasteiger partial charge in [-0.15, -0.1) is 0 Å². The Morgan fingerprint density at radius 2 is 1.77 bits per heavy atom. The summed E-state index contributed by atoms with van der Waals surface area (Å²) < 4.78 is 27.2. The Balaban J connectivity index is 1.66. The van der Waals surface area contributed by atoms with Crippen LogP contribution in [0.4, 0.5) is 0 Å². The van der Waals surface area contributed by atoms with Crippen LogP contribution in [0.3, 0.4) is 0 Å². The quantitative estimate of drug-likeness (QED) is 0.821. The minimum absolute atomic E-state index is 0.0792. The van der Waals surface area contributed by atoms with Gasteiger partial charge in [0.05, 0.1) is 4.90 Å². The lowest BCUT2D eigenvalue weighted by atomic mass is 9.96. The predicted molar refractivity (Wildman–Crippen MR) is 102 cm³/mol. The second-order valence-corrected chi connectivity index (χ2v) is 9.35. The lowest BCUT2D eigenvalue weighted by Gasteiger charge is -2.30. The summed E-state index contributed by atoms with van der Waals surface area (Å²) in [4.78, 5) is 12.6. The van der Waals surface area contributed by atoms with Gasteiger partial charge in [0.25, 0.3) is 5.91 Å². The van der Waals surface area contributed by atoms with Crippen molar-refractivity contribution in [3.63, 3.8) is 0 Å². The number of carbonyl (C=O) groups is 1. The maximum absolute atomic E-state index is 12.8. The third-order valence-corrected chi connectivity index (χ3v) is 7.44. The van der Waals surface area contributed by atoms with Crippen LogP contribution in [0.5, 0.6) is 0 Å². The monoisotopic (exact) mass is 379 g/mol. The molecular weight excluding hydrogens is 350 g/mol. The fourth-order valence-corrected chi connectivity index (χ4v) is 5.25. The first kappa shape index (κ1) is 19.3. The number of carbonyl (C=O) groups excluding carboxylic acids is 1. The largest absolute Gasteiger partial charge is 0.348 e. The predicted octanol–water partition coefficient (Wildman–Crippen LogP) is 2.12. The number of rotatable bonds is 5. The van der Waals surface area contributed by atoms with Crippen LogP contribution in [0.1, 0.15) is 55.3 Å². The summed E-state index contributed by atoms with van der Waals surface area (Å²) >= 11 is 0. The van der Waals surface area contributed by atoms with Gasteiger partial charge >= 0.3 is 0 Å². The van der Waals surface area contributed by atoms with Crippen molar-refractivity contribution < 1.29 is 13.2 Å². The molecule has 2 fully saturated rings. The summed E-state index contributed by atoms with van der Waals surface area (Å²) in [5.74, 6) is -0.150. The van der Waals surface area contributed by atoms with Gasteiger partial charge in [-0.25, -0.2) is 8.42 Å². The highest BCUT2D eigenvalue weighted by Gasteiger charge is 2.29. The molecule has 3 rings (SSSR count). The third kappa shape index (κ3) is 4.45. The van der Waals surface area contributed by atoms with Crippen molar-refractivity contribution in [2.75, 3.05) is 20.1 Å². The molecule has 2 N–H and O–H groups in total.